The van der Waals surface area contributed by atoms with Crippen molar-refractivity contribution in [3.8, 4) is 5.75 Å². The number of amides is 1. The van der Waals surface area contributed by atoms with E-state index in [2.05, 4.69) is 10.3 Å². The number of ether oxygens (including phenoxy) is 2. The molecule has 2 aromatic rings. The Labute approximate surface area is 141 Å². The maximum absolute atomic E-state index is 12.6. The number of hydrogen-bond donors (Lipinski definition) is 1. The molecule has 1 saturated heterocycles. The molecule has 0 unspecified atom stereocenters. The standard InChI is InChI=1S/C18H23N3O3/c1-14(11-21-9-8-19-13-21)20-18(22)16-6-2-3-7-17(16)24-12-15-5-4-10-23-15/h2-3,6-9,13-15H,4-5,10-12H2,1H3,(H,20,22)/t14-,15-/m0/s1. The lowest BCUT2D eigenvalue weighted by Gasteiger charge is -2.17. The Morgan fingerprint density at radius 2 is 2.38 bits per heavy atom. The van der Waals surface area contributed by atoms with E-state index in [1.54, 1.807) is 18.6 Å². The van der Waals surface area contributed by atoms with Gasteiger partial charge in [-0.15, -0.1) is 0 Å². The third-order valence-corrected chi connectivity index (χ3v) is 4.00. The van der Waals surface area contributed by atoms with E-state index in [-0.39, 0.29) is 18.1 Å². The van der Waals surface area contributed by atoms with E-state index in [0.717, 1.165) is 19.4 Å². The van der Waals surface area contributed by atoms with Crippen LogP contribution in [0.15, 0.2) is 43.0 Å². The molecule has 1 aromatic carbocycles. The number of benzene rings is 1. The topological polar surface area (TPSA) is 65.4 Å². The molecule has 2 atom stereocenters. The number of para-hydroxylation sites is 1. The molecule has 3 rings (SSSR count). The van der Waals surface area contributed by atoms with Gasteiger partial charge >= 0.3 is 0 Å². The summed E-state index contributed by atoms with van der Waals surface area (Å²) >= 11 is 0. The number of hydrogen-bond acceptors (Lipinski definition) is 4. The molecule has 1 aliphatic heterocycles. The molecule has 0 aliphatic carbocycles. The van der Waals surface area contributed by atoms with Crippen molar-refractivity contribution in [2.75, 3.05) is 13.2 Å². The summed E-state index contributed by atoms with van der Waals surface area (Å²) in [5.41, 5.74) is 0.549. The summed E-state index contributed by atoms with van der Waals surface area (Å²) in [5.74, 6) is 0.464. The Bertz CT molecular complexity index is 651. The van der Waals surface area contributed by atoms with Gasteiger partial charge in [-0.3, -0.25) is 4.79 Å². The highest BCUT2D eigenvalue weighted by Gasteiger charge is 2.19. The Hall–Kier alpha value is -2.34. The fraction of sp³-hybridized carbons (Fsp3) is 0.444. The number of nitrogens with zero attached hydrogens (tertiary/aromatic N) is 2. The SMILES string of the molecule is C[C@@H](Cn1ccnc1)NC(=O)c1ccccc1OC[C@@H]1CCCO1. The summed E-state index contributed by atoms with van der Waals surface area (Å²) in [5, 5.41) is 3.00. The second kappa shape index (κ2) is 7.97. The lowest BCUT2D eigenvalue weighted by molar-refractivity contribution is 0.0670. The minimum atomic E-state index is -0.134. The van der Waals surface area contributed by atoms with Gasteiger partial charge in [0.1, 0.15) is 12.4 Å². The molecular weight excluding hydrogens is 306 g/mol. The molecule has 1 amide bonds. The van der Waals surface area contributed by atoms with Gasteiger partial charge in [-0.25, -0.2) is 4.98 Å². The van der Waals surface area contributed by atoms with Crippen LogP contribution in [0.3, 0.4) is 0 Å². The van der Waals surface area contributed by atoms with E-state index in [9.17, 15) is 4.79 Å². The molecule has 0 radical (unpaired) electrons. The first-order valence-corrected chi connectivity index (χ1v) is 8.32. The van der Waals surface area contributed by atoms with Crippen LogP contribution in [-0.2, 0) is 11.3 Å². The molecule has 0 saturated carbocycles. The second-order valence-corrected chi connectivity index (χ2v) is 6.08. The molecule has 24 heavy (non-hydrogen) atoms. The number of carbonyl (C=O) groups excluding carboxylic acids is 1. The first-order valence-electron chi connectivity index (χ1n) is 8.32. The molecule has 6 heteroatoms. The van der Waals surface area contributed by atoms with Crippen LogP contribution in [0.5, 0.6) is 5.75 Å². The summed E-state index contributed by atoms with van der Waals surface area (Å²) in [7, 11) is 0. The zero-order chi connectivity index (χ0) is 16.8. The lowest BCUT2D eigenvalue weighted by atomic mass is 10.1. The van der Waals surface area contributed by atoms with Crippen LogP contribution in [0, 0.1) is 0 Å². The van der Waals surface area contributed by atoms with Crippen LogP contribution >= 0.6 is 0 Å². The number of aromatic nitrogens is 2. The maximum atomic E-state index is 12.6. The minimum absolute atomic E-state index is 0.0158. The van der Waals surface area contributed by atoms with E-state index in [1.165, 1.54) is 0 Å². The molecule has 1 aliphatic rings. The van der Waals surface area contributed by atoms with Crippen molar-refractivity contribution in [1.82, 2.24) is 14.9 Å². The average molecular weight is 329 g/mol. The van der Waals surface area contributed by atoms with E-state index in [0.29, 0.717) is 24.5 Å². The van der Waals surface area contributed by atoms with Gasteiger partial charge in [0.25, 0.3) is 5.91 Å². The smallest absolute Gasteiger partial charge is 0.255 e. The molecule has 128 valence electrons. The highest BCUT2D eigenvalue weighted by molar-refractivity contribution is 5.97. The van der Waals surface area contributed by atoms with Crippen LogP contribution in [0.1, 0.15) is 30.1 Å². The number of rotatable bonds is 7. The highest BCUT2D eigenvalue weighted by Crippen LogP contribution is 2.20. The molecular formula is C18H23N3O3. The zero-order valence-electron chi connectivity index (χ0n) is 13.9. The Morgan fingerprint density at radius 3 is 3.12 bits per heavy atom. The van der Waals surface area contributed by atoms with Crippen molar-refractivity contribution in [2.24, 2.45) is 0 Å². The summed E-state index contributed by atoms with van der Waals surface area (Å²) in [6.45, 7) is 3.91. The number of nitrogens with one attached hydrogen (secondary N) is 1. The third kappa shape index (κ3) is 4.35. The van der Waals surface area contributed by atoms with Gasteiger partial charge in [-0.05, 0) is 31.9 Å². The maximum Gasteiger partial charge on any atom is 0.255 e. The van der Waals surface area contributed by atoms with Gasteiger partial charge in [0.05, 0.1) is 18.0 Å². The van der Waals surface area contributed by atoms with Crippen molar-refractivity contribution in [1.29, 1.82) is 0 Å². The summed E-state index contributed by atoms with van der Waals surface area (Å²) in [6, 6.07) is 7.30. The molecule has 0 bridgehead atoms. The van der Waals surface area contributed by atoms with Gasteiger partial charge in [0.2, 0.25) is 0 Å². The number of imidazole rings is 1. The van der Waals surface area contributed by atoms with E-state index >= 15 is 0 Å². The molecule has 1 aromatic heterocycles. The van der Waals surface area contributed by atoms with Gasteiger partial charge in [0, 0.05) is 31.6 Å². The quantitative estimate of drug-likeness (QED) is 0.846. The fourth-order valence-electron chi connectivity index (χ4n) is 2.80. The predicted molar refractivity (Wildman–Crippen MR) is 90.1 cm³/mol. The second-order valence-electron chi connectivity index (χ2n) is 6.08. The van der Waals surface area contributed by atoms with Crippen LogP contribution in [0.2, 0.25) is 0 Å². The van der Waals surface area contributed by atoms with E-state index in [1.807, 2.05) is 35.9 Å². The zero-order valence-corrected chi connectivity index (χ0v) is 13.9. The fourth-order valence-corrected chi connectivity index (χ4v) is 2.80. The van der Waals surface area contributed by atoms with E-state index < -0.39 is 0 Å². The van der Waals surface area contributed by atoms with Gasteiger partial charge in [-0.2, -0.15) is 0 Å². The molecule has 1 fully saturated rings. The van der Waals surface area contributed by atoms with E-state index in [4.69, 9.17) is 9.47 Å². The van der Waals surface area contributed by atoms with Crippen LogP contribution in [-0.4, -0.2) is 40.8 Å². The number of carbonyl (C=O) groups is 1. The molecule has 1 N–H and O–H groups in total. The van der Waals surface area contributed by atoms with Crippen molar-refractivity contribution in [3.63, 3.8) is 0 Å². The first-order chi connectivity index (χ1) is 11.7. The first kappa shape index (κ1) is 16.5. The van der Waals surface area contributed by atoms with Crippen molar-refractivity contribution in [2.45, 2.75) is 38.5 Å². The molecule has 0 spiro atoms. The summed E-state index contributed by atoms with van der Waals surface area (Å²) < 4.78 is 13.3. The predicted octanol–water partition coefficient (Wildman–Crippen LogP) is 2.26. The van der Waals surface area contributed by atoms with Gasteiger partial charge < -0.3 is 19.4 Å². The largest absolute Gasteiger partial charge is 0.490 e. The van der Waals surface area contributed by atoms with Crippen molar-refractivity contribution >= 4 is 5.91 Å². The van der Waals surface area contributed by atoms with Crippen molar-refractivity contribution < 1.29 is 14.3 Å². The average Bonchev–Trinajstić information content (AvgIpc) is 3.26. The van der Waals surface area contributed by atoms with Crippen LogP contribution < -0.4 is 10.1 Å². The highest BCUT2D eigenvalue weighted by atomic mass is 16.5. The molecule has 6 nitrogen and oxygen atoms in total. The Kier molecular flexibility index (Phi) is 5.48. The van der Waals surface area contributed by atoms with Crippen molar-refractivity contribution in [3.05, 3.63) is 48.5 Å². The van der Waals surface area contributed by atoms with Gasteiger partial charge in [0.15, 0.2) is 0 Å². The Balaban J connectivity index is 1.59. The van der Waals surface area contributed by atoms with Gasteiger partial charge in [-0.1, -0.05) is 12.1 Å². The van der Waals surface area contributed by atoms with Crippen LogP contribution in [0.25, 0.3) is 0 Å². The summed E-state index contributed by atoms with van der Waals surface area (Å²) in [4.78, 5) is 16.6. The lowest BCUT2D eigenvalue weighted by Crippen LogP contribution is -2.35. The monoisotopic (exact) mass is 329 g/mol. The normalized spacial score (nSPS) is 18.3. The Morgan fingerprint density at radius 1 is 1.50 bits per heavy atom. The third-order valence-electron chi connectivity index (χ3n) is 4.00. The molecule has 2 heterocycles. The van der Waals surface area contributed by atoms with Crippen LogP contribution in [0.4, 0.5) is 0 Å². The summed E-state index contributed by atoms with van der Waals surface area (Å²) in [6.07, 6.45) is 7.55. The minimum Gasteiger partial charge on any atom is -0.490 e.